The first kappa shape index (κ1) is 14.2. The van der Waals surface area contributed by atoms with E-state index < -0.39 is 0 Å². The zero-order valence-electron chi connectivity index (χ0n) is 11.7. The lowest BCUT2D eigenvalue weighted by Gasteiger charge is -2.02. The minimum atomic E-state index is 0.595. The van der Waals surface area contributed by atoms with Crippen LogP contribution in [-0.4, -0.2) is 4.98 Å². The monoisotopic (exact) mass is 274 g/mol. The Labute approximate surface area is 119 Å². The van der Waals surface area contributed by atoms with Gasteiger partial charge in [0.15, 0.2) is 0 Å². The van der Waals surface area contributed by atoms with Crippen molar-refractivity contribution in [2.24, 2.45) is 11.7 Å². The molecule has 102 valence electrons. The van der Waals surface area contributed by atoms with Gasteiger partial charge in [-0.2, -0.15) is 0 Å². The molecule has 2 N–H and O–H groups in total. The Balaban J connectivity index is 1.99. The Kier molecular flexibility index (Phi) is 5.11. The molecule has 0 aliphatic rings. The van der Waals surface area contributed by atoms with Crippen molar-refractivity contribution in [3.63, 3.8) is 0 Å². The van der Waals surface area contributed by atoms with Gasteiger partial charge in [-0.1, -0.05) is 44.5 Å². The van der Waals surface area contributed by atoms with E-state index in [1.165, 1.54) is 23.4 Å². The molecule has 3 heteroatoms. The maximum atomic E-state index is 5.61. The third kappa shape index (κ3) is 4.15. The zero-order valence-corrected chi connectivity index (χ0v) is 12.5. The summed E-state index contributed by atoms with van der Waals surface area (Å²) in [6.45, 7) is 5.14. The van der Waals surface area contributed by atoms with E-state index in [0.717, 1.165) is 23.6 Å². The molecule has 19 heavy (non-hydrogen) atoms. The zero-order chi connectivity index (χ0) is 13.7. The maximum Gasteiger partial charge on any atom is 0.0932 e. The Hall–Kier alpha value is -1.19. The molecule has 0 saturated carbocycles. The van der Waals surface area contributed by atoms with Crippen LogP contribution in [0.4, 0.5) is 0 Å². The first-order valence-electron chi connectivity index (χ1n) is 6.93. The highest BCUT2D eigenvalue weighted by Gasteiger charge is 2.05. The van der Waals surface area contributed by atoms with Gasteiger partial charge < -0.3 is 5.73 Å². The number of aryl methyl sites for hydroxylation is 1. The predicted molar refractivity (Wildman–Crippen MR) is 83.2 cm³/mol. The van der Waals surface area contributed by atoms with Crippen molar-refractivity contribution in [3.8, 4) is 11.3 Å². The Morgan fingerprint density at radius 1 is 1.21 bits per heavy atom. The van der Waals surface area contributed by atoms with Gasteiger partial charge >= 0.3 is 0 Å². The smallest absolute Gasteiger partial charge is 0.0932 e. The van der Waals surface area contributed by atoms with Crippen molar-refractivity contribution in [2.45, 2.75) is 39.7 Å². The molecule has 1 aromatic carbocycles. The fourth-order valence-electron chi connectivity index (χ4n) is 2.03. The van der Waals surface area contributed by atoms with Crippen LogP contribution in [0, 0.1) is 5.92 Å². The molecule has 1 aromatic heterocycles. The summed E-state index contributed by atoms with van der Waals surface area (Å²) in [4.78, 5) is 4.72. The fraction of sp³-hybridized carbons (Fsp3) is 0.438. The highest BCUT2D eigenvalue weighted by Crippen LogP contribution is 2.23. The highest BCUT2D eigenvalue weighted by atomic mass is 32.1. The van der Waals surface area contributed by atoms with Crippen LogP contribution >= 0.6 is 11.3 Å². The number of rotatable bonds is 6. The van der Waals surface area contributed by atoms with Gasteiger partial charge in [0.1, 0.15) is 0 Å². The molecule has 0 saturated heterocycles. The predicted octanol–water partition coefficient (Wildman–Crippen LogP) is 4.25. The summed E-state index contributed by atoms with van der Waals surface area (Å²) in [7, 11) is 0. The molecule has 2 nitrogen and oxygen atoms in total. The quantitative estimate of drug-likeness (QED) is 0.855. The highest BCUT2D eigenvalue weighted by molar-refractivity contribution is 7.09. The van der Waals surface area contributed by atoms with Crippen LogP contribution in [0.2, 0.25) is 0 Å². The van der Waals surface area contributed by atoms with Crippen LogP contribution in [0.25, 0.3) is 11.3 Å². The number of hydrogen-bond acceptors (Lipinski definition) is 3. The van der Waals surface area contributed by atoms with Crippen LogP contribution in [0.3, 0.4) is 0 Å². The van der Waals surface area contributed by atoms with E-state index in [4.69, 9.17) is 10.7 Å². The molecular formula is C16H22N2S. The topological polar surface area (TPSA) is 38.9 Å². The summed E-state index contributed by atoms with van der Waals surface area (Å²) in [5.41, 5.74) is 9.05. The maximum absolute atomic E-state index is 5.61. The molecule has 0 bridgehead atoms. The average Bonchev–Trinajstić information content (AvgIpc) is 2.87. The lowest BCUT2D eigenvalue weighted by molar-refractivity contribution is 0.555. The van der Waals surface area contributed by atoms with E-state index >= 15 is 0 Å². The summed E-state index contributed by atoms with van der Waals surface area (Å²) < 4.78 is 0. The third-order valence-corrected chi connectivity index (χ3v) is 4.12. The lowest BCUT2D eigenvalue weighted by Crippen LogP contribution is -1.95. The van der Waals surface area contributed by atoms with E-state index in [1.54, 1.807) is 11.3 Å². The molecule has 0 aliphatic carbocycles. The molecule has 2 rings (SSSR count). The van der Waals surface area contributed by atoms with E-state index in [2.05, 4.69) is 43.5 Å². The van der Waals surface area contributed by atoms with Crippen molar-refractivity contribution in [3.05, 3.63) is 40.2 Å². The molecule has 2 aromatic rings. The summed E-state index contributed by atoms with van der Waals surface area (Å²) in [5.74, 6) is 0.781. The number of nitrogens with two attached hydrogens (primary N) is 1. The van der Waals surface area contributed by atoms with E-state index in [-0.39, 0.29) is 0 Å². The van der Waals surface area contributed by atoms with Crippen LogP contribution in [0.5, 0.6) is 0 Å². The Bertz CT molecular complexity index is 500. The van der Waals surface area contributed by atoms with Crippen molar-refractivity contribution >= 4 is 11.3 Å². The molecule has 0 radical (unpaired) electrons. The minimum Gasteiger partial charge on any atom is -0.326 e. The van der Waals surface area contributed by atoms with Crippen molar-refractivity contribution in [1.29, 1.82) is 0 Å². The van der Waals surface area contributed by atoms with Gasteiger partial charge in [0.2, 0.25) is 0 Å². The molecule has 1 heterocycles. The van der Waals surface area contributed by atoms with Crippen molar-refractivity contribution < 1.29 is 0 Å². The van der Waals surface area contributed by atoms with E-state index in [9.17, 15) is 0 Å². The van der Waals surface area contributed by atoms with Crippen molar-refractivity contribution in [1.82, 2.24) is 4.98 Å². The normalized spacial score (nSPS) is 11.2. The molecule has 0 atom stereocenters. The molecule has 0 unspecified atom stereocenters. The molecule has 0 amide bonds. The summed E-state index contributed by atoms with van der Waals surface area (Å²) in [6, 6.07) is 8.37. The first-order chi connectivity index (χ1) is 9.19. The van der Waals surface area contributed by atoms with Crippen molar-refractivity contribution in [2.75, 3.05) is 0 Å². The van der Waals surface area contributed by atoms with Crippen LogP contribution in [0.1, 0.15) is 37.3 Å². The number of nitrogens with zero attached hydrogens (tertiary/aromatic N) is 1. The summed E-state index contributed by atoms with van der Waals surface area (Å²) in [5, 5.41) is 3.40. The molecule has 0 spiro atoms. The van der Waals surface area contributed by atoms with Crippen LogP contribution in [0.15, 0.2) is 29.6 Å². The largest absolute Gasteiger partial charge is 0.326 e. The summed E-state index contributed by atoms with van der Waals surface area (Å²) in [6.07, 6.45) is 3.61. The number of aromatic nitrogens is 1. The fourth-order valence-corrected chi connectivity index (χ4v) is 2.88. The number of hydrogen-bond donors (Lipinski definition) is 1. The van der Waals surface area contributed by atoms with Crippen LogP contribution in [-0.2, 0) is 13.0 Å². The SMILES string of the molecule is CC(C)CCCc1nc(-c2ccc(CN)cc2)cs1. The van der Waals surface area contributed by atoms with Gasteiger partial charge in [0.25, 0.3) is 0 Å². The van der Waals surface area contributed by atoms with Gasteiger partial charge in [-0.05, 0) is 24.3 Å². The van der Waals surface area contributed by atoms with Gasteiger partial charge in [0, 0.05) is 17.5 Å². The van der Waals surface area contributed by atoms with Crippen LogP contribution < -0.4 is 5.73 Å². The second kappa shape index (κ2) is 6.83. The second-order valence-corrected chi connectivity index (χ2v) is 6.26. The number of thiazole rings is 1. The molecule has 0 fully saturated rings. The Morgan fingerprint density at radius 3 is 2.58 bits per heavy atom. The van der Waals surface area contributed by atoms with E-state index in [1.807, 2.05) is 0 Å². The van der Waals surface area contributed by atoms with Gasteiger partial charge in [-0.15, -0.1) is 11.3 Å². The molecular weight excluding hydrogens is 252 g/mol. The minimum absolute atomic E-state index is 0.595. The van der Waals surface area contributed by atoms with Gasteiger partial charge in [0.05, 0.1) is 10.7 Å². The van der Waals surface area contributed by atoms with Gasteiger partial charge in [-0.25, -0.2) is 4.98 Å². The Morgan fingerprint density at radius 2 is 1.95 bits per heavy atom. The lowest BCUT2D eigenvalue weighted by atomic mass is 10.1. The second-order valence-electron chi connectivity index (χ2n) is 5.31. The number of benzene rings is 1. The third-order valence-electron chi connectivity index (χ3n) is 3.21. The average molecular weight is 274 g/mol. The van der Waals surface area contributed by atoms with Gasteiger partial charge in [-0.3, -0.25) is 0 Å². The standard InChI is InChI=1S/C16H22N2S/c1-12(2)4-3-5-16-18-15(11-19-16)14-8-6-13(10-17)7-9-14/h6-9,11-12H,3-5,10,17H2,1-2H3. The molecule has 0 aliphatic heterocycles. The van der Waals surface area contributed by atoms with E-state index in [0.29, 0.717) is 6.54 Å². The summed E-state index contributed by atoms with van der Waals surface area (Å²) >= 11 is 1.77. The first-order valence-corrected chi connectivity index (χ1v) is 7.81.